The van der Waals surface area contributed by atoms with Gasteiger partial charge in [-0.25, -0.2) is 8.78 Å². The Kier molecular flexibility index (Phi) is 5.45. The van der Waals surface area contributed by atoms with Crippen LogP contribution in [0.3, 0.4) is 0 Å². The fourth-order valence-electron chi connectivity index (χ4n) is 3.63. The Morgan fingerprint density at radius 3 is 2.32 bits per heavy atom. The molecule has 0 saturated carbocycles. The van der Waals surface area contributed by atoms with Gasteiger partial charge in [-0.05, 0) is 42.3 Å². The van der Waals surface area contributed by atoms with Crippen LogP contribution in [0, 0.1) is 18.6 Å². The molecule has 1 N–H and O–H groups in total. The molecule has 0 bridgehead atoms. The molecule has 4 rings (SSSR count). The van der Waals surface area contributed by atoms with E-state index in [1.807, 2.05) is 6.92 Å². The van der Waals surface area contributed by atoms with E-state index in [0.29, 0.717) is 11.1 Å². The number of Topliss-reactive ketones (excluding diaryl/α,β-unsaturated/α-hetero) is 1. The van der Waals surface area contributed by atoms with Crippen molar-refractivity contribution in [2.75, 3.05) is 4.90 Å². The zero-order valence-electron chi connectivity index (χ0n) is 16.3. The topological polar surface area (TPSA) is 57.6 Å². The first-order chi connectivity index (χ1) is 14.8. The van der Waals surface area contributed by atoms with Gasteiger partial charge in [-0.2, -0.15) is 0 Å². The predicted octanol–water partition coefficient (Wildman–Crippen LogP) is 5.66. The van der Waals surface area contributed by atoms with Crippen LogP contribution in [0.1, 0.15) is 22.7 Å². The predicted molar refractivity (Wildman–Crippen MR) is 116 cm³/mol. The van der Waals surface area contributed by atoms with E-state index in [0.717, 1.165) is 27.1 Å². The van der Waals surface area contributed by atoms with E-state index in [4.69, 9.17) is 0 Å². The molecular formula is C24H16BrF2NO3. The van der Waals surface area contributed by atoms with Gasteiger partial charge in [0.15, 0.2) is 11.6 Å². The molecule has 0 radical (unpaired) electrons. The summed E-state index contributed by atoms with van der Waals surface area (Å²) in [7, 11) is 0. The molecule has 0 aromatic heterocycles. The lowest BCUT2D eigenvalue weighted by molar-refractivity contribution is -0.132. The Balaban J connectivity index is 1.95. The number of aliphatic hydroxyl groups is 1. The molecule has 3 aromatic rings. The summed E-state index contributed by atoms with van der Waals surface area (Å²) in [6, 6.07) is 15.6. The monoisotopic (exact) mass is 483 g/mol. The number of carbonyl (C=O) groups is 2. The minimum atomic E-state index is -1.14. The number of rotatable bonds is 3. The lowest BCUT2D eigenvalue weighted by Crippen LogP contribution is -2.29. The van der Waals surface area contributed by atoms with Crippen molar-refractivity contribution in [2.45, 2.75) is 13.0 Å². The number of aryl methyl sites for hydroxylation is 1. The Morgan fingerprint density at radius 2 is 1.68 bits per heavy atom. The summed E-state index contributed by atoms with van der Waals surface area (Å²) < 4.78 is 28.2. The van der Waals surface area contributed by atoms with Gasteiger partial charge in [-0.1, -0.05) is 52.3 Å². The van der Waals surface area contributed by atoms with E-state index < -0.39 is 29.4 Å². The number of amides is 1. The SMILES string of the molecule is Cc1cc(/C(O)=C2\C(=O)C(=O)N(c3ccc(F)c(F)c3)C2c2ccccc2)ccc1Br. The second-order valence-corrected chi connectivity index (χ2v) is 8.00. The smallest absolute Gasteiger partial charge is 0.300 e. The molecule has 1 saturated heterocycles. The van der Waals surface area contributed by atoms with Gasteiger partial charge >= 0.3 is 0 Å². The number of hydrogen-bond donors (Lipinski definition) is 1. The van der Waals surface area contributed by atoms with E-state index in [-0.39, 0.29) is 17.0 Å². The molecule has 1 fully saturated rings. The van der Waals surface area contributed by atoms with Crippen molar-refractivity contribution in [3.05, 3.63) is 105 Å². The van der Waals surface area contributed by atoms with Crippen LogP contribution in [0.2, 0.25) is 0 Å². The van der Waals surface area contributed by atoms with Crippen LogP contribution in [0.25, 0.3) is 5.76 Å². The summed E-state index contributed by atoms with van der Waals surface area (Å²) in [5.74, 6) is -4.39. The van der Waals surface area contributed by atoms with Crippen LogP contribution in [0.15, 0.2) is 76.8 Å². The maximum absolute atomic E-state index is 13.9. The molecule has 31 heavy (non-hydrogen) atoms. The zero-order valence-corrected chi connectivity index (χ0v) is 17.9. The molecule has 1 aliphatic rings. The van der Waals surface area contributed by atoms with E-state index >= 15 is 0 Å². The number of carbonyl (C=O) groups excluding carboxylic acids is 2. The Morgan fingerprint density at radius 1 is 0.968 bits per heavy atom. The van der Waals surface area contributed by atoms with Crippen LogP contribution in [-0.2, 0) is 9.59 Å². The van der Waals surface area contributed by atoms with Gasteiger partial charge in [-0.3, -0.25) is 14.5 Å². The Labute approximate surface area is 185 Å². The molecule has 7 heteroatoms. The van der Waals surface area contributed by atoms with Crippen molar-refractivity contribution in [1.29, 1.82) is 0 Å². The van der Waals surface area contributed by atoms with Gasteiger partial charge < -0.3 is 5.11 Å². The number of aliphatic hydroxyl groups excluding tert-OH is 1. The van der Waals surface area contributed by atoms with Crippen LogP contribution >= 0.6 is 15.9 Å². The molecule has 156 valence electrons. The van der Waals surface area contributed by atoms with Crippen LogP contribution in [-0.4, -0.2) is 16.8 Å². The minimum Gasteiger partial charge on any atom is -0.507 e. The van der Waals surface area contributed by atoms with E-state index in [1.165, 1.54) is 6.07 Å². The molecule has 0 aliphatic carbocycles. The number of nitrogens with zero attached hydrogens (tertiary/aromatic N) is 1. The summed E-state index contributed by atoms with van der Waals surface area (Å²) in [6.45, 7) is 1.83. The van der Waals surface area contributed by atoms with E-state index in [2.05, 4.69) is 15.9 Å². The highest BCUT2D eigenvalue weighted by Crippen LogP contribution is 2.42. The van der Waals surface area contributed by atoms with Crippen molar-refractivity contribution in [2.24, 2.45) is 0 Å². The fraction of sp³-hybridized carbons (Fsp3) is 0.0833. The lowest BCUT2D eigenvalue weighted by Gasteiger charge is -2.25. The van der Waals surface area contributed by atoms with Gasteiger partial charge in [-0.15, -0.1) is 0 Å². The average molecular weight is 484 g/mol. The van der Waals surface area contributed by atoms with Crippen molar-refractivity contribution < 1.29 is 23.5 Å². The number of halogens is 3. The largest absolute Gasteiger partial charge is 0.507 e. The standard InChI is InChI=1S/C24H16BrF2NO3/c1-13-11-15(7-9-17(13)25)22(29)20-21(14-5-3-2-4-6-14)28(24(31)23(20)30)16-8-10-18(26)19(27)12-16/h2-12,21,29H,1H3/b22-20+. The number of ketones is 1. The highest BCUT2D eigenvalue weighted by molar-refractivity contribution is 9.10. The molecule has 1 atom stereocenters. The second-order valence-electron chi connectivity index (χ2n) is 7.14. The Hall–Kier alpha value is -3.32. The fourth-order valence-corrected chi connectivity index (χ4v) is 3.88. The third-order valence-corrected chi connectivity index (χ3v) is 6.06. The summed E-state index contributed by atoms with van der Waals surface area (Å²) in [6.07, 6.45) is 0. The van der Waals surface area contributed by atoms with Crippen molar-refractivity contribution in [3.63, 3.8) is 0 Å². The summed E-state index contributed by atoms with van der Waals surface area (Å²) in [4.78, 5) is 27.0. The maximum atomic E-state index is 13.9. The van der Waals surface area contributed by atoms with E-state index in [1.54, 1.807) is 48.5 Å². The minimum absolute atomic E-state index is 0.0147. The molecule has 3 aromatic carbocycles. The summed E-state index contributed by atoms with van der Waals surface area (Å²) in [5.41, 5.74) is 1.63. The quantitative estimate of drug-likeness (QED) is 0.297. The zero-order chi connectivity index (χ0) is 22.3. The first-order valence-corrected chi connectivity index (χ1v) is 10.2. The molecule has 0 spiro atoms. The normalized spacial score (nSPS) is 17.9. The molecule has 4 nitrogen and oxygen atoms in total. The van der Waals surface area contributed by atoms with Crippen molar-refractivity contribution in [1.82, 2.24) is 0 Å². The third-order valence-electron chi connectivity index (χ3n) is 5.17. The molecule has 1 amide bonds. The van der Waals surface area contributed by atoms with Gasteiger partial charge in [0.05, 0.1) is 11.6 Å². The molecular weight excluding hydrogens is 468 g/mol. The van der Waals surface area contributed by atoms with E-state index in [9.17, 15) is 23.5 Å². The number of benzene rings is 3. The number of anilines is 1. The van der Waals surface area contributed by atoms with Gasteiger partial charge in [0.1, 0.15) is 5.76 Å². The first kappa shape index (κ1) is 20.9. The summed E-state index contributed by atoms with van der Waals surface area (Å²) >= 11 is 3.39. The van der Waals surface area contributed by atoms with Crippen LogP contribution in [0.4, 0.5) is 14.5 Å². The van der Waals surface area contributed by atoms with Gasteiger partial charge in [0, 0.05) is 21.8 Å². The first-order valence-electron chi connectivity index (χ1n) is 9.37. The molecule has 1 heterocycles. The van der Waals surface area contributed by atoms with Crippen LogP contribution < -0.4 is 4.90 Å². The third kappa shape index (κ3) is 3.65. The second kappa shape index (κ2) is 8.07. The lowest BCUT2D eigenvalue weighted by atomic mass is 9.95. The number of hydrogen-bond acceptors (Lipinski definition) is 3. The van der Waals surface area contributed by atoms with Crippen LogP contribution in [0.5, 0.6) is 0 Å². The highest BCUT2D eigenvalue weighted by Gasteiger charge is 2.47. The Bertz CT molecular complexity index is 1240. The molecule has 1 unspecified atom stereocenters. The van der Waals surface area contributed by atoms with Gasteiger partial charge in [0.25, 0.3) is 11.7 Å². The highest BCUT2D eigenvalue weighted by atomic mass is 79.9. The maximum Gasteiger partial charge on any atom is 0.300 e. The molecule has 1 aliphatic heterocycles. The van der Waals surface area contributed by atoms with Crippen molar-refractivity contribution in [3.8, 4) is 0 Å². The average Bonchev–Trinajstić information content (AvgIpc) is 3.03. The van der Waals surface area contributed by atoms with Gasteiger partial charge in [0.2, 0.25) is 0 Å². The van der Waals surface area contributed by atoms with Crippen molar-refractivity contribution >= 4 is 39.1 Å². The summed E-state index contributed by atoms with van der Waals surface area (Å²) in [5, 5.41) is 11.0.